The zero-order valence-corrected chi connectivity index (χ0v) is 20.6. The lowest BCUT2D eigenvalue weighted by atomic mass is 9.98. The van der Waals surface area contributed by atoms with Gasteiger partial charge in [-0.1, -0.05) is 24.3 Å². The molecule has 0 saturated carbocycles. The molecule has 2 aromatic carbocycles. The van der Waals surface area contributed by atoms with Crippen molar-refractivity contribution >= 4 is 11.1 Å². The van der Waals surface area contributed by atoms with E-state index in [-0.39, 0.29) is 37.5 Å². The highest BCUT2D eigenvalue weighted by Crippen LogP contribution is 2.32. The van der Waals surface area contributed by atoms with Gasteiger partial charge in [0, 0.05) is 19.6 Å². The minimum Gasteiger partial charge on any atom is -0.394 e. The third-order valence-corrected chi connectivity index (χ3v) is 6.74. The Balaban J connectivity index is 1.50. The molecule has 3 aromatic rings. The summed E-state index contributed by atoms with van der Waals surface area (Å²) in [5, 5.41) is 24.1. The van der Waals surface area contributed by atoms with Crippen LogP contribution in [0, 0.1) is 11.6 Å². The van der Waals surface area contributed by atoms with Crippen LogP contribution in [0.15, 0.2) is 48.6 Å². The average Bonchev–Trinajstić information content (AvgIpc) is 3.35. The fourth-order valence-corrected chi connectivity index (χ4v) is 4.80. The first-order chi connectivity index (χ1) is 18.2. The molecular weight excluding hydrogens is 476 g/mol. The number of aromatic nitrogens is 3. The number of ether oxygens (including phenoxy) is 1. The first-order valence-electron chi connectivity index (χ1n) is 12.7. The fraction of sp³-hybridized carbons (Fsp3) is 0.357. The van der Waals surface area contributed by atoms with Gasteiger partial charge in [-0.25, -0.2) is 8.78 Å². The molecule has 0 atom stereocenters. The maximum atomic E-state index is 15.4. The molecule has 0 bridgehead atoms. The molecule has 194 valence electrons. The molecule has 0 spiro atoms. The van der Waals surface area contributed by atoms with Crippen molar-refractivity contribution in [2.45, 2.75) is 19.4 Å². The highest BCUT2D eigenvalue weighted by Gasteiger charge is 2.22. The zero-order chi connectivity index (χ0) is 25.6. The van der Waals surface area contributed by atoms with E-state index in [0.717, 1.165) is 61.3 Å². The molecule has 7 nitrogen and oxygen atoms in total. The van der Waals surface area contributed by atoms with Crippen LogP contribution in [0.4, 0.5) is 8.78 Å². The Morgan fingerprint density at radius 3 is 1.78 bits per heavy atom. The Morgan fingerprint density at radius 2 is 1.35 bits per heavy atom. The number of hydrogen-bond acceptors (Lipinski definition) is 6. The van der Waals surface area contributed by atoms with Crippen molar-refractivity contribution in [2.24, 2.45) is 0 Å². The van der Waals surface area contributed by atoms with Gasteiger partial charge in [-0.15, -0.1) is 10.2 Å². The van der Waals surface area contributed by atoms with Gasteiger partial charge < -0.3 is 25.0 Å². The highest BCUT2D eigenvalue weighted by molar-refractivity contribution is 5.72. The van der Waals surface area contributed by atoms with Crippen molar-refractivity contribution in [1.82, 2.24) is 25.4 Å². The first-order valence-corrected chi connectivity index (χ1v) is 12.7. The second kappa shape index (κ2) is 11.9. The molecule has 9 heteroatoms. The number of halogens is 2. The maximum absolute atomic E-state index is 15.4. The van der Waals surface area contributed by atoms with Crippen molar-refractivity contribution in [3.05, 3.63) is 71.3 Å². The SMILES string of the molecule is OCCOCCn1c(-c2ccc(C3=CCNCC3)cc2F)nnc1-c1ccc(C2=CCNCC2)cc1F. The van der Waals surface area contributed by atoms with Gasteiger partial charge in [0.2, 0.25) is 0 Å². The van der Waals surface area contributed by atoms with Crippen LogP contribution in [-0.4, -0.2) is 65.9 Å². The molecule has 2 aliphatic rings. The van der Waals surface area contributed by atoms with Gasteiger partial charge in [-0.3, -0.25) is 0 Å². The Kier molecular flexibility index (Phi) is 8.15. The molecule has 0 amide bonds. The summed E-state index contributed by atoms with van der Waals surface area (Å²) in [6.07, 6.45) is 5.82. The summed E-state index contributed by atoms with van der Waals surface area (Å²) >= 11 is 0. The van der Waals surface area contributed by atoms with Crippen LogP contribution in [0.25, 0.3) is 33.9 Å². The van der Waals surface area contributed by atoms with Gasteiger partial charge in [-0.2, -0.15) is 0 Å². The molecule has 0 aliphatic carbocycles. The van der Waals surface area contributed by atoms with Crippen LogP contribution in [0.2, 0.25) is 0 Å². The molecule has 2 aliphatic heterocycles. The Hall–Kier alpha value is -3.24. The van der Waals surface area contributed by atoms with E-state index >= 15 is 8.78 Å². The zero-order valence-electron chi connectivity index (χ0n) is 20.6. The van der Waals surface area contributed by atoms with Gasteiger partial charge in [0.15, 0.2) is 11.6 Å². The van der Waals surface area contributed by atoms with Crippen LogP contribution in [0.5, 0.6) is 0 Å². The predicted octanol–water partition coefficient (Wildman–Crippen LogP) is 3.65. The molecule has 37 heavy (non-hydrogen) atoms. The number of hydrogen-bond donors (Lipinski definition) is 3. The number of aliphatic hydroxyl groups is 1. The van der Waals surface area contributed by atoms with E-state index in [1.54, 1.807) is 16.7 Å². The van der Waals surface area contributed by atoms with E-state index in [1.165, 1.54) is 12.1 Å². The summed E-state index contributed by atoms with van der Waals surface area (Å²) < 4.78 is 37.9. The monoisotopic (exact) mass is 507 g/mol. The first kappa shape index (κ1) is 25.4. The van der Waals surface area contributed by atoms with Crippen molar-refractivity contribution in [1.29, 1.82) is 0 Å². The Morgan fingerprint density at radius 1 is 0.811 bits per heavy atom. The number of benzene rings is 2. The van der Waals surface area contributed by atoms with E-state index < -0.39 is 11.6 Å². The molecule has 0 unspecified atom stereocenters. The minimum absolute atomic E-state index is 0.106. The highest BCUT2D eigenvalue weighted by atomic mass is 19.1. The number of rotatable bonds is 9. The van der Waals surface area contributed by atoms with Crippen LogP contribution >= 0.6 is 0 Å². The molecular formula is C28H31F2N5O2. The summed E-state index contributed by atoms with van der Waals surface area (Å²) in [4.78, 5) is 0. The number of nitrogens with zero attached hydrogens (tertiary/aromatic N) is 3. The van der Waals surface area contributed by atoms with Crippen molar-refractivity contribution < 1.29 is 18.6 Å². The van der Waals surface area contributed by atoms with Crippen LogP contribution in [0.1, 0.15) is 24.0 Å². The Labute approximate surface area is 214 Å². The quantitative estimate of drug-likeness (QED) is 0.384. The summed E-state index contributed by atoms with van der Waals surface area (Å²) in [6, 6.07) is 10.2. The van der Waals surface area contributed by atoms with Crippen molar-refractivity contribution in [2.75, 3.05) is 46.0 Å². The second-order valence-corrected chi connectivity index (χ2v) is 9.09. The normalized spacial score (nSPS) is 16.0. The van der Waals surface area contributed by atoms with Gasteiger partial charge in [0.1, 0.15) is 11.6 Å². The number of aliphatic hydroxyl groups excluding tert-OH is 1. The van der Waals surface area contributed by atoms with Crippen LogP contribution < -0.4 is 10.6 Å². The molecule has 3 N–H and O–H groups in total. The molecule has 0 radical (unpaired) electrons. The van der Waals surface area contributed by atoms with Crippen molar-refractivity contribution in [3.63, 3.8) is 0 Å². The lowest BCUT2D eigenvalue weighted by Gasteiger charge is -2.16. The van der Waals surface area contributed by atoms with E-state index in [1.807, 2.05) is 12.1 Å². The van der Waals surface area contributed by atoms with E-state index in [0.29, 0.717) is 11.6 Å². The summed E-state index contributed by atoms with van der Waals surface area (Å²) in [6.45, 7) is 3.83. The third-order valence-electron chi connectivity index (χ3n) is 6.74. The van der Waals surface area contributed by atoms with Crippen LogP contribution in [0.3, 0.4) is 0 Å². The molecule has 3 heterocycles. The average molecular weight is 508 g/mol. The molecule has 0 saturated heterocycles. The summed E-state index contributed by atoms with van der Waals surface area (Å²) in [5.41, 5.74) is 4.47. The molecule has 1 aromatic heterocycles. The third kappa shape index (κ3) is 5.70. The van der Waals surface area contributed by atoms with E-state index in [9.17, 15) is 0 Å². The standard InChI is InChI=1S/C28H31F2N5O2/c29-25-17-21(19-5-9-31-10-6-19)1-3-23(25)27-33-34-28(35(27)13-15-37-16-14-36)24-4-2-22(18-26(24)30)20-7-11-32-12-8-20/h1-5,7,17-18,31-32,36H,6,8-16H2. The largest absolute Gasteiger partial charge is 0.394 e. The van der Waals surface area contributed by atoms with Crippen LogP contribution in [-0.2, 0) is 11.3 Å². The van der Waals surface area contributed by atoms with Gasteiger partial charge >= 0.3 is 0 Å². The van der Waals surface area contributed by atoms with Gasteiger partial charge in [0.05, 0.1) is 30.9 Å². The van der Waals surface area contributed by atoms with Gasteiger partial charge in [0.25, 0.3) is 0 Å². The maximum Gasteiger partial charge on any atom is 0.167 e. The van der Waals surface area contributed by atoms with Gasteiger partial charge in [-0.05, 0) is 72.5 Å². The summed E-state index contributed by atoms with van der Waals surface area (Å²) in [5.74, 6) is -0.227. The van der Waals surface area contributed by atoms with Crippen molar-refractivity contribution in [3.8, 4) is 22.8 Å². The molecule has 0 fully saturated rings. The van der Waals surface area contributed by atoms with E-state index in [4.69, 9.17) is 9.84 Å². The lowest BCUT2D eigenvalue weighted by molar-refractivity contribution is 0.0873. The number of nitrogens with one attached hydrogen (secondary N) is 2. The minimum atomic E-state index is -0.415. The smallest absolute Gasteiger partial charge is 0.167 e. The lowest BCUT2D eigenvalue weighted by Crippen LogP contribution is -2.20. The second-order valence-electron chi connectivity index (χ2n) is 9.09. The Bertz CT molecular complexity index is 1220. The predicted molar refractivity (Wildman–Crippen MR) is 140 cm³/mol. The topological polar surface area (TPSA) is 84.2 Å². The fourth-order valence-electron chi connectivity index (χ4n) is 4.80. The summed E-state index contributed by atoms with van der Waals surface area (Å²) in [7, 11) is 0. The van der Waals surface area contributed by atoms with E-state index in [2.05, 4.69) is 33.0 Å². The molecule has 5 rings (SSSR count).